The number of anilines is 1. The SMILES string of the molecule is CCCC(CO)C1CC(Cc2ccnc(N)c2)CC2C#CC(c3ccccc3CCC(C)C)c3cc(O)c(OC)cc3CCC(=O)C(O)C(=O)C2C1. The second kappa shape index (κ2) is 18.0. The summed E-state index contributed by atoms with van der Waals surface area (Å²) in [7, 11) is 1.49. The van der Waals surface area contributed by atoms with Gasteiger partial charge in [-0.25, -0.2) is 4.98 Å². The van der Waals surface area contributed by atoms with Crippen LogP contribution in [0.5, 0.6) is 11.5 Å². The van der Waals surface area contributed by atoms with Crippen LogP contribution in [0.1, 0.15) is 99.5 Å². The molecule has 0 saturated heterocycles. The molecule has 2 aliphatic rings. The summed E-state index contributed by atoms with van der Waals surface area (Å²) in [4.78, 5) is 32.2. The van der Waals surface area contributed by atoms with E-state index >= 15 is 0 Å². The fourth-order valence-corrected chi connectivity index (χ4v) is 8.49. The number of carbonyl (C=O) groups is 2. The lowest BCUT2D eigenvalue weighted by atomic mass is 9.75. The molecule has 7 atom stereocenters. The minimum atomic E-state index is -1.76. The molecule has 278 valence electrons. The number of phenolic OH excluding ortho intramolecular Hbond substituents is 1. The number of fused-ring (bicyclic) bond motifs is 2. The molecule has 1 heterocycles. The molecule has 1 saturated carbocycles. The first-order chi connectivity index (χ1) is 25.0. The summed E-state index contributed by atoms with van der Waals surface area (Å²) in [5, 5.41) is 33.0. The number of aliphatic hydroxyl groups is 2. The number of carbonyl (C=O) groups excluding carboxylic acids is 2. The summed E-state index contributed by atoms with van der Waals surface area (Å²) in [5.74, 6) is 5.97. The highest BCUT2D eigenvalue weighted by Crippen LogP contribution is 2.43. The van der Waals surface area contributed by atoms with Crippen molar-refractivity contribution in [3.8, 4) is 23.3 Å². The Balaban J connectivity index is 1.70. The smallest absolute Gasteiger partial charge is 0.173 e. The third-order valence-corrected chi connectivity index (χ3v) is 11.3. The summed E-state index contributed by atoms with van der Waals surface area (Å²) in [5.41, 5.74) is 10.9. The molecule has 0 amide bonds. The maximum Gasteiger partial charge on any atom is 0.173 e. The molecule has 0 spiro atoms. The summed E-state index contributed by atoms with van der Waals surface area (Å²) in [6, 6.07) is 15.6. The number of aromatic nitrogens is 1. The van der Waals surface area contributed by atoms with Crippen LogP contribution in [0.15, 0.2) is 54.7 Å². The van der Waals surface area contributed by atoms with E-state index in [9.17, 15) is 24.9 Å². The van der Waals surface area contributed by atoms with Crippen molar-refractivity contribution in [2.24, 2.45) is 35.5 Å². The third kappa shape index (κ3) is 9.42. The molecule has 2 aromatic carbocycles. The zero-order valence-corrected chi connectivity index (χ0v) is 31.2. The van der Waals surface area contributed by atoms with Gasteiger partial charge in [-0.2, -0.15) is 0 Å². The van der Waals surface area contributed by atoms with Crippen LogP contribution in [0.25, 0.3) is 0 Å². The number of nitrogens with zero attached hydrogens (tertiary/aromatic N) is 1. The van der Waals surface area contributed by atoms with Crippen LogP contribution in [0, 0.1) is 47.3 Å². The molecule has 52 heavy (non-hydrogen) atoms. The number of ketones is 2. The van der Waals surface area contributed by atoms with E-state index in [1.807, 2.05) is 24.3 Å². The number of aryl methyl sites for hydroxylation is 2. The Kier molecular flexibility index (Phi) is 13.5. The number of aliphatic hydroxyl groups excluding tert-OH is 2. The van der Waals surface area contributed by atoms with Gasteiger partial charge in [-0.15, -0.1) is 0 Å². The van der Waals surface area contributed by atoms with Crippen molar-refractivity contribution in [2.45, 2.75) is 97.0 Å². The van der Waals surface area contributed by atoms with Crippen LogP contribution >= 0.6 is 0 Å². The average Bonchev–Trinajstić information content (AvgIpc) is 3.30. The van der Waals surface area contributed by atoms with E-state index < -0.39 is 35.4 Å². The number of nitrogens with two attached hydrogens (primary N) is 1. The summed E-state index contributed by atoms with van der Waals surface area (Å²) in [6.07, 6.45) is 6.20. The molecule has 8 nitrogen and oxygen atoms in total. The number of pyridine rings is 1. The van der Waals surface area contributed by atoms with Gasteiger partial charge in [0, 0.05) is 31.1 Å². The van der Waals surface area contributed by atoms with Crippen molar-refractivity contribution < 1.29 is 29.6 Å². The van der Waals surface area contributed by atoms with Gasteiger partial charge in [0.25, 0.3) is 0 Å². The highest BCUT2D eigenvalue weighted by atomic mass is 16.5. The van der Waals surface area contributed by atoms with E-state index in [1.54, 1.807) is 18.3 Å². The van der Waals surface area contributed by atoms with Crippen molar-refractivity contribution in [1.82, 2.24) is 4.98 Å². The minimum absolute atomic E-state index is 0.00258. The van der Waals surface area contributed by atoms with Crippen molar-refractivity contribution in [2.75, 3.05) is 19.5 Å². The number of hydrogen-bond donors (Lipinski definition) is 4. The lowest BCUT2D eigenvalue weighted by Crippen LogP contribution is -2.39. The minimum Gasteiger partial charge on any atom is -0.504 e. The maximum atomic E-state index is 14.3. The highest BCUT2D eigenvalue weighted by molar-refractivity contribution is 6.06. The van der Waals surface area contributed by atoms with Crippen molar-refractivity contribution >= 4 is 17.4 Å². The number of methoxy groups -OCH3 is 1. The van der Waals surface area contributed by atoms with E-state index in [0.717, 1.165) is 54.4 Å². The predicted molar refractivity (Wildman–Crippen MR) is 204 cm³/mol. The van der Waals surface area contributed by atoms with Gasteiger partial charge in [-0.1, -0.05) is 63.3 Å². The standard InChI is InChI=1S/C44H56N2O6/c1-5-8-33(26-47)34-21-29(19-28-17-18-46-42(45)22-28)20-31-13-15-36(35-10-7-6-9-30(35)12-11-27(2)3)37-25-40(49)41(52-4)24-32(37)14-16-39(48)44(51)43(50)38(31)23-34/h6-7,9-10,17-18,22,24-25,27,29,31,33-34,36,38,44,47,49,51H,5,8,11-12,14,16,19-21,23,26H2,1-4H3,(H2,45,46). The van der Waals surface area contributed by atoms with Gasteiger partial charge in [0.05, 0.1) is 13.0 Å². The van der Waals surface area contributed by atoms with Gasteiger partial charge >= 0.3 is 0 Å². The van der Waals surface area contributed by atoms with Gasteiger partial charge < -0.3 is 25.8 Å². The van der Waals surface area contributed by atoms with E-state index in [1.165, 1.54) is 12.7 Å². The third-order valence-electron chi connectivity index (χ3n) is 11.3. The molecular formula is C44H56N2O6. The van der Waals surface area contributed by atoms with Crippen molar-refractivity contribution in [3.05, 3.63) is 82.5 Å². The van der Waals surface area contributed by atoms with Crippen LogP contribution in [0.4, 0.5) is 5.82 Å². The van der Waals surface area contributed by atoms with Crippen LogP contribution in [0.2, 0.25) is 0 Å². The summed E-state index contributed by atoms with van der Waals surface area (Å²) < 4.78 is 5.48. The first-order valence-electron chi connectivity index (χ1n) is 19.1. The molecule has 8 heteroatoms. The Labute approximate surface area is 309 Å². The second-order valence-corrected chi connectivity index (χ2v) is 15.4. The largest absolute Gasteiger partial charge is 0.504 e. The topological polar surface area (TPSA) is 143 Å². The first kappa shape index (κ1) is 39.0. The zero-order valence-electron chi connectivity index (χ0n) is 31.2. The Morgan fingerprint density at radius 3 is 2.50 bits per heavy atom. The molecule has 1 fully saturated rings. The molecule has 0 radical (unpaired) electrons. The normalized spacial score (nSPS) is 24.4. The van der Waals surface area contributed by atoms with Gasteiger partial charge in [0.15, 0.2) is 29.2 Å². The van der Waals surface area contributed by atoms with Crippen LogP contribution in [-0.2, 0) is 28.9 Å². The molecule has 2 aliphatic carbocycles. The lowest BCUT2D eigenvalue weighted by Gasteiger charge is -2.29. The Hall–Kier alpha value is -4.19. The molecule has 1 aromatic heterocycles. The van der Waals surface area contributed by atoms with Gasteiger partial charge in [0.1, 0.15) is 5.82 Å². The summed E-state index contributed by atoms with van der Waals surface area (Å²) >= 11 is 0. The fraction of sp³-hybridized carbons (Fsp3) is 0.523. The van der Waals surface area contributed by atoms with Crippen molar-refractivity contribution in [1.29, 1.82) is 0 Å². The molecule has 5 N–H and O–H groups in total. The number of rotatable bonds is 11. The van der Waals surface area contributed by atoms with Crippen LogP contribution in [0.3, 0.4) is 0 Å². The molecule has 3 aromatic rings. The van der Waals surface area contributed by atoms with Crippen molar-refractivity contribution in [3.63, 3.8) is 0 Å². The average molecular weight is 709 g/mol. The molecule has 0 bridgehead atoms. The zero-order chi connectivity index (χ0) is 37.4. The maximum absolute atomic E-state index is 14.3. The molecule has 5 rings (SSSR count). The predicted octanol–water partition coefficient (Wildman–Crippen LogP) is 6.85. The Bertz CT molecular complexity index is 1760. The van der Waals surface area contributed by atoms with E-state index in [2.05, 4.69) is 49.7 Å². The Morgan fingerprint density at radius 1 is 1.00 bits per heavy atom. The highest BCUT2D eigenvalue weighted by Gasteiger charge is 2.42. The van der Waals surface area contributed by atoms with Gasteiger partial charge in [-0.05, 0) is 127 Å². The number of hydrogen-bond acceptors (Lipinski definition) is 8. The summed E-state index contributed by atoms with van der Waals surface area (Å²) in [6.45, 7) is 6.51. The molecule has 7 unspecified atom stereocenters. The second-order valence-electron chi connectivity index (χ2n) is 15.4. The number of ether oxygens (including phenoxy) is 1. The van der Waals surface area contributed by atoms with E-state index in [0.29, 0.717) is 31.0 Å². The molecule has 0 aliphatic heterocycles. The van der Waals surface area contributed by atoms with Gasteiger partial charge in [-0.3, -0.25) is 9.59 Å². The van der Waals surface area contributed by atoms with Gasteiger partial charge in [0.2, 0.25) is 0 Å². The van der Waals surface area contributed by atoms with Crippen LogP contribution in [-0.4, -0.2) is 51.7 Å². The number of nitrogen functional groups attached to an aromatic ring is 1. The van der Waals surface area contributed by atoms with E-state index in [4.69, 9.17) is 10.5 Å². The Morgan fingerprint density at radius 2 is 1.79 bits per heavy atom. The quantitative estimate of drug-likeness (QED) is 0.125. The first-order valence-corrected chi connectivity index (χ1v) is 19.1. The van der Waals surface area contributed by atoms with E-state index in [-0.39, 0.29) is 48.7 Å². The molecular weight excluding hydrogens is 652 g/mol. The lowest BCUT2D eigenvalue weighted by molar-refractivity contribution is -0.142. The van der Waals surface area contributed by atoms with Crippen LogP contribution < -0.4 is 10.5 Å². The number of benzene rings is 2. The number of phenols is 1. The number of aromatic hydroxyl groups is 1. The fourth-order valence-electron chi connectivity index (χ4n) is 8.49. The number of Topliss-reactive ketones (excluding diaryl/α,β-unsaturated/α-hetero) is 2. The monoisotopic (exact) mass is 708 g/mol.